The maximum Gasteiger partial charge on any atom is 0.258 e. The van der Waals surface area contributed by atoms with E-state index in [4.69, 9.17) is 4.52 Å². The van der Waals surface area contributed by atoms with Crippen LogP contribution >= 0.6 is 0 Å². The molecule has 1 saturated heterocycles. The Morgan fingerprint density at radius 3 is 3.00 bits per heavy atom. The number of fused-ring (bicyclic) bond motifs is 1. The van der Waals surface area contributed by atoms with Gasteiger partial charge in [-0.25, -0.2) is 4.98 Å². The summed E-state index contributed by atoms with van der Waals surface area (Å²) in [6.45, 7) is 11.1. The van der Waals surface area contributed by atoms with Crippen LogP contribution in [0.25, 0.3) is 11.1 Å². The molecule has 2 aromatic heterocycles. The predicted octanol–water partition coefficient (Wildman–Crippen LogP) is 2.69. The van der Waals surface area contributed by atoms with Crippen molar-refractivity contribution in [3.63, 3.8) is 0 Å². The van der Waals surface area contributed by atoms with Crippen LogP contribution in [-0.4, -0.2) is 46.6 Å². The standard InChI is InChI=1S/C18H26N4O2/c1-11(2)22-7-5-6-14(10-22)9-19-17(23)15-8-12(3)20-18-16(15)13(4)21-24-18/h8,11,14H,5-7,9-10H2,1-4H3,(H,19,23)/t14-/m0/s1. The quantitative estimate of drug-likeness (QED) is 0.933. The molecule has 6 nitrogen and oxygen atoms in total. The summed E-state index contributed by atoms with van der Waals surface area (Å²) in [6, 6.07) is 2.37. The molecule has 0 aliphatic carbocycles. The highest BCUT2D eigenvalue weighted by Crippen LogP contribution is 2.22. The highest BCUT2D eigenvalue weighted by atomic mass is 16.5. The van der Waals surface area contributed by atoms with Gasteiger partial charge in [-0.05, 0) is 59.1 Å². The zero-order valence-corrected chi connectivity index (χ0v) is 14.9. The number of piperidine rings is 1. The number of carbonyl (C=O) groups is 1. The molecule has 130 valence electrons. The largest absolute Gasteiger partial charge is 0.352 e. The Kier molecular flexibility index (Phi) is 4.85. The van der Waals surface area contributed by atoms with Crippen molar-refractivity contribution in [1.82, 2.24) is 20.4 Å². The molecule has 6 heteroatoms. The van der Waals surface area contributed by atoms with E-state index >= 15 is 0 Å². The first-order chi connectivity index (χ1) is 11.5. The number of carbonyl (C=O) groups excluding carboxylic acids is 1. The Balaban J connectivity index is 1.70. The van der Waals surface area contributed by atoms with E-state index in [9.17, 15) is 4.79 Å². The third-order valence-corrected chi connectivity index (χ3v) is 4.82. The van der Waals surface area contributed by atoms with Gasteiger partial charge in [-0.3, -0.25) is 4.79 Å². The molecule has 1 aliphatic heterocycles. The first kappa shape index (κ1) is 16.9. The van der Waals surface area contributed by atoms with Gasteiger partial charge in [0.15, 0.2) is 0 Å². The van der Waals surface area contributed by atoms with Crippen LogP contribution in [-0.2, 0) is 0 Å². The molecule has 1 fully saturated rings. The Morgan fingerprint density at radius 1 is 1.46 bits per heavy atom. The van der Waals surface area contributed by atoms with Crippen LogP contribution in [0.3, 0.4) is 0 Å². The first-order valence-corrected chi connectivity index (χ1v) is 8.71. The lowest BCUT2D eigenvalue weighted by atomic mass is 9.97. The topological polar surface area (TPSA) is 71.3 Å². The second-order valence-corrected chi connectivity index (χ2v) is 7.07. The van der Waals surface area contributed by atoms with Gasteiger partial charge in [0.05, 0.1) is 16.6 Å². The number of pyridine rings is 1. The number of amides is 1. The Bertz CT molecular complexity index is 738. The Hall–Kier alpha value is -1.95. The number of aromatic nitrogens is 2. The number of likely N-dealkylation sites (tertiary alicyclic amines) is 1. The molecule has 1 atom stereocenters. The molecule has 0 saturated carbocycles. The second kappa shape index (κ2) is 6.89. The van der Waals surface area contributed by atoms with Crippen molar-refractivity contribution in [3.05, 3.63) is 23.0 Å². The van der Waals surface area contributed by atoms with Gasteiger partial charge in [-0.2, -0.15) is 0 Å². The van der Waals surface area contributed by atoms with Crippen LogP contribution < -0.4 is 5.32 Å². The van der Waals surface area contributed by atoms with Crippen molar-refractivity contribution in [2.24, 2.45) is 5.92 Å². The monoisotopic (exact) mass is 330 g/mol. The molecule has 3 rings (SSSR count). The average Bonchev–Trinajstić information content (AvgIpc) is 2.93. The smallest absolute Gasteiger partial charge is 0.258 e. The molecule has 0 unspecified atom stereocenters. The maximum atomic E-state index is 12.7. The Morgan fingerprint density at radius 2 is 2.25 bits per heavy atom. The lowest BCUT2D eigenvalue weighted by molar-refractivity contribution is 0.0924. The van der Waals surface area contributed by atoms with Crippen LogP contribution in [0, 0.1) is 19.8 Å². The van der Waals surface area contributed by atoms with Gasteiger partial charge in [0.1, 0.15) is 0 Å². The minimum atomic E-state index is -0.0709. The fourth-order valence-electron chi connectivity index (χ4n) is 3.46. The van der Waals surface area contributed by atoms with E-state index in [0.29, 0.717) is 40.9 Å². The molecular weight excluding hydrogens is 304 g/mol. The third-order valence-electron chi connectivity index (χ3n) is 4.82. The number of rotatable bonds is 4. The van der Waals surface area contributed by atoms with E-state index in [2.05, 4.69) is 34.2 Å². The van der Waals surface area contributed by atoms with Gasteiger partial charge in [0.25, 0.3) is 11.6 Å². The second-order valence-electron chi connectivity index (χ2n) is 7.07. The summed E-state index contributed by atoms with van der Waals surface area (Å²) in [6.07, 6.45) is 2.36. The molecule has 0 bridgehead atoms. The van der Waals surface area contributed by atoms with E-state index in [1.165, 1.54) is 12.8 Å². The maximum absolute atomic E-state index is 12.7. The summed E-state index contributed by atoms with van der Waals surface area (Å²) in [5.41, 5.74) is 2.49. The minimum absolute atomic E-state index is 0.0709. The summed E-state index contributed by atoms with van der Waals surface area (Å²) in [7, 11) is 0. The van der Waals surface area contributed by atoms with Crippen molar-refractivity contribution >= 4 is 17.0 Å². The van der Waals surface area contributed by atoms with E-state index < -0.39 is 0 Å². The van der Waals surface area contributed by atoms with Gasteiger partial charge in [0, 0.05) is 24.8 Å². The van der Waals surface area contributed by atoms with Crippen molar-refractivity contribution in [2.45, 2.75) is 46.6 Å². The molecule has 1 N–H and O–H groups in total. The molecule has 0 spiro atoms. The zero-order chi connectivity index (χ0) is 17.3. The predicted molar refractivity (Wildman–Crippen MR) is 93.0 cm³/mol. The van der Waals surface area contributed by atoms with Gasteiger partial charge in [-0.1, -0.05) is 5.16 Å². The highest BCUT2D eigenvalue weighted by molar-refractivity contribution is 6.06. The number of aryl methyl sites for hydroxylation is 2. The third kappa shape index (κ3) is 3.43. The summed E-state index contributed by atoms with van der Waals surface area (Å²) in [5.74, 6) is 0.436. The first-order valence-electron chi connectivity index (χ1n) is 8.71. The molecule has 0 aromatic carbocycles. The lowest BCUT2D eigenvalue weighted by Crippen LogP contribution is -2.43. The summed E-state index contributed by atoms with van der Waals surface area (Å²) >= 11 is 0. The van der Waals surface area contributed by atoms with Crippen molar-refractivity contribution in [2.75, 3.05) is 19.6 Å². The van der Waals surface area contributed by atoms with Crippen LogP contribution in [0.4, 0.5) is 0 Å². The van der Waals surface area contributed by atoms with Crippen LogP contribution in [0.1, 0.15) is 48.4 Å². The fourth-order valence-corrected chi connectivity index (χ4v) is 3.46. The lowest BCUT2D eigenvalue weighted by Gasteiger charge is -2.35. The van der Waals surface area contributed by atoms with Crippen molar-refractivity contribution in [1.29, 1.82) is 0 Å². The average molecular weight is 330 g/mol. The molecule has 3 heterocycles. The number of hydrogen-bond donors (Lipinski definition) is 1. The zero-order valence-electron chi connectivity index (χ0n) is 14.9. The minimum Gasteiger partial charge on any atom is -0.352 e. The van der Waals surface area contributed by atoms with E-state index in [0.717, 1.165) is 18.8 Å². The van der Waals surface area contributed by atoms with Crippen LogP contribution in [0.15, 0.2) is 10.6 Å². The summed E-state index contributed by atoms with van der Waals surface area (Å²) in [5, 5.41) is 7.75. The van der Waals surface area contributed by atoms with E-state index in [-0.39, 0.29) is 5.91 Å². The summed E-state index contributed by atoms with van der Waals surface area (Å²) < 4.78 is 5.21. The van der Waals surface area contributed by atoms with Gasteiger partial charge in [-0.15, -0.1) is 0 Å². The number of nitrogens with zero attached hydrogens (tertiary/aromatic N) is 3. The molecule has 0 radical (unpaired) electrons. The molecule has 2 aromatic rings. The van der Waals surface area contributed by atoms with Crippen molar-refractivity contribution < 1.29 is 9.32 Å². The normalized spacial score (nSPS) is 19.1. The Labute approximate surface area is 142 Å². The summed E-state index contributed by atoms with van der Waals surface area (Å²) in [4.78, 5) is 19.5. The number of hydrogen-bond acceptors (Lipinski definition) is 5. The van der Waals surface area contributed by atoms with Gasteiger partial charge in [0.2, 0.25) is 0 Å². The molecule has 1 amide bonds. The fraction of sp³-hybridized carbons (Fsp3) is 0.611. The highest BCUT2D eigenvalue weighted by Gasteiger charge is 2.23. The molecule has 24 heavy (non-hydrogen) atoms. The molecular formula is C18H26N4O2. The molecule has 1 aliphatic rings. The van der Waals surface area contributed by atoms with E-state index in [1.54, 1.807) is 0 Å². The van der Waals surface area contributed by atoms with Gasteiger partial charge >= 0.3 is 0 Å². The van der Waals surface area contributed by atoms with Gasteiger partial charge < -0.3 is 14.7 Å². The number of nitrogens with one attached hydrogen (secondary N) is 1. The van der Waals surface area contributed by atoms with Crippen LogP contribution in [0.2, 0.25) is 0 Å². The van der Waals surface area contributed by atoms with Crippen molar-refractivity contribution in [3.8, 4) is 0 Å². The van der Waals surface area contributed by atoms with Crippen LogP contribution in [0.5, 0.6) is 0 Å². The SMILES string of the molecule is Cc1cc(C(=O)NC[C@@H]2CCCN(C(C)C)C2)c2c(C)noc2n1. The van der Waals surface area contributed by atoms with E-state index in [1.807, 2.05) is 19.9 Å².